The largest absolute Gasteiger partial charge is 0.360 e. The highest BCUT2D eigenvalue weighted by Crippen LogP contribution is 2.11. The smallest absolute Gasteiger partial charge is 0.151 e. The SMILES string of the molecule is O=S1(=O)CCC(NCc2ccno2)C1. The quantitative estimate of drug-likeness (QED) is 0.767. The van der Waals surface area contributed by atoms with Gasteiger partial charge < -0.3 is 9.84 Å². The molecule has 1 aromatic heterocycles. The Kier molecular flexibility index (Phi) is 2.56. The molecule has 0 radical (unpaired) electrons. The van der Waals surface area contributed by atoms with Crippen molar-refractivity contribution in [2.24, 2.45) is 0 Å². The molecule has 0 aliphatic carbocycles. The van der Waals surface area contributed by atoms with Crippen LogP contribution in [-0.2, 0) is 16.4 Å². The zero-order chi connectivity index (χ0) is 10.0. The highest BCUT2D eigenvalue weighted by molar-refractivity contribution is 7.91. The molecule has 1 aromatic rings. The van der Waals surface area contributed by atoms with Crippen LogP contribution in [0.2, 0.25) is 0 Å². The van der Waals surface area contributed by atoms with Crippen LogP contribution in [0.5, 0.6) is 0 Å². The summed E-state index contributed by atoms with van der Waals surface area (Å²) in [5.41, 5.74) is 0. The van der Waals surface area contributed by atoms with Crippen molar-refractivity contribution >= 4 is 9.84 Å². The van der Waals surface area contributed by atoms with Crippen molar-refractivity contribution < 1.29 is 12.9 Å². The van der Waals surface area contributed by atoms with E-state index in [0.717, 1.165) is 5.76 Å². The lowest BCUT2D eigenvalue weighted by Crippen LogP contribution is -2.29. The minimum atomic E-state index is -2.80. The van der Waals surface area contributed by atoms with Crippen molar-refractivity contribution in [2.75, 3.05) is 11.5 Å². The standard InChI is InChI=1S/C8H12N2O3S/c11-14(12)4-2-7(6-14)9-5-8-1-3-10-13-8/h1,3,7,9H,2,4-6H2. The Hall–Kier alpha value is -0.880. The molecule has 0 amide bonds. The van der Waals surface area contributed by atoms with Crippen LogP contribution in [0.4, 0.5) is 0 Å². The lowest BCUT2D eigenvalue weighted by molar-refractivity contribution is 0.365. The van der Waals surface area contributed by atoms with Gasteiger partial charge in [-0.05, 0) is 6.42 Å². The second-order valence-electron chi connectivity index (χ2n) is 3.46. The normalized spacial score (nSPS) is 25.3. The fourth-order valence-corrected chi connectivity index (χ4v) is 3.24. The van der Waals surface area contributed by atoms with E-state index in [0.29, 0.717) is 18.7 Å². The minimum absolute atomic E-state index is 0.0603. The van der Waals surface area contributed by atoms with Gasteiger partial charge in [-0.15, -0.1) is 0 Å². The van der Waals surface area contributed by atoms with Crippen LogP contribution in [-0.4, -0.2) is 31.1 Å². The number of nitrogens with zero attached hydrogens (tertiary/aromatic N) is 1. The molecule has 1 atom stereocenters. The fourth-order valence-electron chi connectivity index (χ4n) is 1.53. The highest BCUT2D eigenvalue weighted by Gasteiger charge is 2.27. The number of hydrogen-bond acceptors (Lipinski definition) is 5. The van der Waals surface area contributed by atoms with E-state index < -0.39 is 9.84 Å². The fraction of sp³-hybridized carbons (Fsp3) is 0.625. The molecule has 1 N–H and O–H groups in total. The molecule has 1 aliphatic rings. The van der Waals surface area contributed by atoms with Gasteiger partial charge in [-0.3, -0.25) is 0 Å². The highest BCUT2D eigenvalue weighted by atomic mass is 32.2. The second-order valence-corrected chi connectivity index (χ2v) is 5.69. The maximum absolute atomic E-state index is 11.1. The minimum Gasteiger partial charge on any atom is -0.360 e. The van der Waals surface area contributed by atoms with Gasteiger partial charge in [-0.1, -0.05) is 5.16 Å². The molecular formula is C8H12N2O3S. The van der Waals surface area contributed by atoms with Crippen LogP contribution >= 0.6 is 0 Å². The summed E-state index contributed by atoms with van der Waals surface area (Å²) in [7, 11) is -2.80. The van der Waals surface area contributed by atoms with E-state index in [1.54, 1.807) is 12.3 Å². The van der Waals surface area contributed by atoms with Crippen molar-refractivity contribution in [2.45, 2.75) is 19.0 Å². The molecular weight excluding hydrogens is 204 g/mol. The first-order valence-corrected chi connectivity index (χ1v) is 6.31. The molecule has 5 nitrogen and oxygen atoms in total. The average molecular weight is 216 g/mol. The third-order valence-corrected chi connectivity index (χ3v) is 4.06. The van der Waals surface area contributed by atoms with Gasteiger partial charge in [0.05, 0.1) is 24.2 Å². The Bertz CT molecular complexity index is 385. The summed E-state index contributed by atoms with van der Waals surface area (Å²) in [5.74, 6) is 1.26. The van der Waals surface area contributed by atoms with E-state index in [2.05, 4.69) is 10.5 Å². The van der Waals surface area contributed by atoms with E-state index >= 15 is 0 Å². The molecule has 78 valence electrons. The number of rotatable bonds is 3. The summed E-state index contributed by atoms with van der Waals surface area (Å²) in [4.78, 5) is 0. The Morgan fingerprint density at radius 2 is 2.50 bits per heavy atom. The van der Waals surface area contributed by atoms with Crippen molar-refractivity contribution in [1.82, 2.24) is 10.5 Å². The van der Waals surface area contributed by atoms with Crippen molar-refractivity contribution in [3.8, 4) is 0 Å². The van der Waals surface area contributed by atoms with Crippen LogP contribution in [0, 0.1) is 0 Å². The summed E-state index contributed by atoms with van der Waals surface area (Å²) in [5, 5.41) is 6.69. The predicted octanol–water partition coefficient (Wildman–Crippen LogP) is -0.0487. The number of hydrogen-bond donors (Lipinski definition) is 1. The summed E-state index contributed by atoms with van der Waals surface area (Å²) in [6.07, 6.45) is 2.26. The summed E-state index contributed by atoms with van der Waals surface area (Å²) in [6, 6.07) is 1.82. The molecule has 0 saturated carbocycles. The van der Waals surface area contributed by atoms with E-state index in [1.165, 1.54) is 0 Å². The van der Waals surface area contributed by atoms with Crippen molar-refractivity contribution in [3.63, 3.8) is 0 Å². The number of sulfone groups is 1. The molecule has 14 heavy (non-hydrogen) atoms. The van der Waals surface area contributed by atoms with Crippen molar-refractivity contribution in [3.05, 3.63) is 18.0 Å². The lowest BCUT2D eigenvalue weighted by Gasteiger charge is -2.07. The van der Waals surface area contributed by atoms with Crippen molar-refractivity contribution in [1.29, 1.82) is 0 Å². The summed E-state index contributed by atoms with van der Waals surface area (Å²) < 4.78 is 27.1. The Labute approximate surface area is 82.4 Å². The van der Waals surface area contributed by atoms with Gasteiger partial charge in [-0.25, -0.2) is 8.42 Å². The molecule has 6 heteroatoms. The van der Waals surface area contributed by atoms with Crippen LogP contribution in [0.1, 0.15) is 12.2 Å². The molecule has 1 unspecified atom stereocenters. The first-order chi connectivity index (χ1) is 6.66. The molecule has 2 rings (SSSR count). The van der Waals surface area contributed by atoms with Gasteiger partial charge in [-0.2, -0.15) is 0 Å². The lowest BCUT2D eigenvalue weighted by atomic mass is 10.2. The summed E-state index contributed by atoms with van der Waals surface area (Å²) >= 11 is 0. The molecule has 2 heterocycles. The van der Waals surface area contributed by atoms with E-state index in [-0.39, 0.29) is 11.8 Å². The first-order valence-electron chi connectivity index (χ1n) is 4.49. The van der Waals surface area contributed by atoms with Gasteiger partial charge in [0.1, 0.15) is 5.76 Å². The van der Waals surface area contributed by atoms with Gasteiger partial charge in [0.15, 0.2) is 9.84 Å². The molecule has 0 aromatic carbocycles. The Morgan fingerprint density at radius 1 is 1.64 bits per heavy atom. The van der Waals surface area contributed by atoms with E-state index in [9.17, 15) is 8.42 Å². The van der Waals surface area contributed by atoms with Gasteiger partial charge in [0.25, 0.3) is 0 Å². The number of nitrogens with one attached hydrogen (secondary N) is 1. The van der Waals surface area contributed by atoms with Gasteiger partial charge in [0, 0.05) is 12.1 Å². The zero-order valence-corrected chi connectivity index (χ0v) is 8.46. The molecule has 1 saturated heterocycles. The molecule has 1 fully saturated rings. The van der Waals surface area contributed by atoms with E-state index in [1.807, 2.05) is 0 Å². The van der Waals surface area contributed by atoms with E-state index in [4.69, 9.17) is 4.52 Å². The maximum atomic E-state index is 11.1. The molecule has 1 aliphatic heterocycles. The van der Waals surface area contributed by atoms with Crippen LogP contribution < -0.4 is 5.32 Å². The second kappa shape index (κ2) is 3.70. The van der Waals surface area contributed by atoms with Crippen LogP contribution in [0.15, 0.2) is 16.8 Å². The molecule has 0 bridgehead atoms. The average Bonchev–Trinajstić information content (AvgIpc) is 2.70. The van der Waals surface area contributed by atoms with Gasteiger partial charge in [0.2, 0.25) is 0 Å². The predicted molar refractivity (Wildman–Crippen MR) is 50.4 cm³/mol. The topological polar surface area (TPSA) is 72.2 Å². The van der Waals surface area contributed by atoms with Crippen LogP contribution in [0.3, 0.4) is 0 Å². The van der Waals surface area contributed by atoms with Crippen LogP contribution in [0.25, 0.3) is 0 Å². The molecule has 0 spiro atoms. The first kappa shape index (κ1) is 9.67. The third kappa shape index (κ3) is 2.33. The zero-order valence-electron chi connectivity index (χ0n) is 7.64. The Morgan fingerprint density at radius 3 is 3.07 bits per heavy atom. The monoisotopic (exact) mass is 216 g/mol. The maximum Gasteiger partial charge on any atom is 0.151 e. The summed E-state index contributed by atoms with van der Waals surface area (Å²) in [6.45, 7) is 0.542. The third-order valence-electron chi connectivity index (χ3n) is 2.29. The van der Waals surface area contributed by atoms with Gasteiger partial charge >= 0.3 is 0 Å². The number of aromatic nitrogens is 1. The Balaban J connectivity index is 1.83.